The smallest absolute Gasteiger partial charge is 0.0533 e. The minimum absolute atomic E-state index is 0.0392. The summed E-state index contributed by atoms with van der Waals surface area (Å²) in [6.07, 6.45) is 16.6. The molecule has 0 radical (unpaired) electrons. The van der Waals surface area contributed by atoms with Crippen LogP contribution in [0.2, 0.25) is 0 Å². The number of para-hydroxylation sites is 1. The van der Waals surface area contributed by atoms with Gasteiger partial charge in [0.2, 0.25) is 0 Å². The predicted molar refractivity (Wildman–Crippen MR) is 240 cm³/mol. The molecule has 6 aromatic rings. The lowest BCUT2D eigenvalue weighted by atomic mass is 9.81. The molecular weight excluding hydrogens is 675 g/mol. The lowest BCUT2D eigenvalue weighted by Gasteiger charge is -2.26. The van der Waals surface area contributed by atoms with Crippen molar-refractivity contribution in [2.45, 2.75) is 51.9 Å². The molecule has 9 rings (SSSR count). The van der Waals surface area contributed by atoms with E-state index in [0.29, 0.717) is 5.92 Å². The van der Waals surface area contributed by atoms with Crippen LogP contribution in [0.15, 0.2) is 183 Å². The van der Waals surface area contributed by atoms with Gasteiger partial charge in [-0.2, -0.15) is 0 Å². The molecular formula is C55H49N. The Kier molecular flexibility index (Phi) is 8.78. The van der Waals surface area contributed by atoms with Gasteiger partial charge in [0.25, 0.3) is 0 Å². The van der Waals surface area contributed by atoms with E-state index in [2.05, 4.69) is 216 Å². The zero-order valence-corrected chi connectivity index (χ0v) is 33.2. The molecule has 6 aromatic carbocycles. The zero-order chi connectivity index (χ0) is 38.6. The van der Waals surface area contributed by atoms with Crippen LogP contribution in [0.25, 0.3) is 44.5 Å². The fourth-order valence-electron chi connectivity index (χ4n) is 9.27. The third-order valence-corrected chi connectivity index (χ3v) is 12.5. The molecule has 0 amide bonds. The minimum Gasteiger partial charge on any atom is -0.317 e. The quantitative estimate of drug-likeness (QED) is 0.141. The van der Waals surface area contributed by atoms with E-state index < -0.39 is 0 Å². The summed E-state index contributed by atoms with van der Waals surface area (Å²) in [6, 6.07) is 49.5. The van der Waals surface area contributed by atoms with E-state index in [-0.39, 0.29) is 10.8 Å². The fourth-order valence-corrected chi connectivity index (χ4v) is 9.27. The molecule has 0 N–H and O–H groups in total. The number of nitrogens with zero attached hydrogens (tertiary/aromatic N) is 1. The van der Waals surface area contributed by atoms with Crippen molar-refractivity contribution >= 4 is 22.5 Å². The molecule has 0 aromatic heterocycles. The number of rotatable bonds is 8. The Hall–Kier alpha value is -6.18. The molecule has 3 aliphatic carbocycles. The SMILES string of the molecule is C=C/C=C(\C=C/N(c1ccc(-c2ccc3c(c2)C(C)(C)c2ccccc2-3)cc1)c1ccccc1C1=CCC(C)C=C1)c1ccc2c(c1)C(C)(C)c1ccccc1-2. The van der Waals surface area contributed by atoms with Crippen molar-refractivity contribution in [3.8, 4) is 33.4 Å². The molecule has 274 valence electrons. The van der Waals surface area contributed by atoms with E-state index in [1.807, 2.05) is 6.08 Å². The molecule has 56 heavy (non-hydrogen) atoms. The molecule has 1 atom stereocenters. The van der Waals surface area contributed by atoms with E-state index in [1.54, 1.807) is 0 Å². The van der Waals surface area contributed by atoms with Gasteiger partial charge in [-0.1, -0.05) is 175 Å². The molecule has 1 unspecified atom stereocenters. The first-order valence-electron chi connectivity index (χ1n) is 20.0. The highest BCUT2D eigenvalue weighted by atomic mass is 15.1. The van der Waals surface area contributed by atoms with Gasteiger partial charge in [-0.05, 0) is 121 Å². The summed E-state index contributed by atoms with van der Waals surface area (Å²) in [5, 5.41) is 0. The summed E-state index contributed by atoms with van der Waals surface area (Å²) in [6.45, 7) is 15.8. The minimum atomic E-state index is -0.0744. The molecule has 3 aliphatic rings. The topological polar surface area (TPSA) is 3.24 Å². The maximum absolute atomic E-state index is 4.13. The van der Waals surface area contributed by atoms with Crippen molar-refractivity contribution in [1.82, 2.24) is 0 Å². The number of hydrogen-bond acceptors (Lipinski definition) is 1. The first-order chi connectivity index (χ1) is 27.1. The number of allylic oxidation sites excluding steroid dienone is 8. The highest BCUT2D eigenvalue weighted by molar-refractivity contribution is 5.89. The molecule has 0 heterocycles. The summed E-state index contributed by atoms with van der Waals surface area (Å²) < 4.78 is 0. The lowest BCUT2D eigenvalue weighted by Crippen LogP contribution is -2.15. The maximum atomic E-state index is 4.13. The third-order valence-electron chi connectivity index (χ3n) is 12.5. The first kappa shape index (κ1) is 35.5. The summed E-state index contributed by atoms with van der Waals surface area (Å²) in [4.78, 5) is 2.35. The van der Waals surface area contributed by atoms with Crippen molar-refractivity contribution in [1.29, 1.82) is 0 Å². The second-order valence-electron chi connectivity index (χ2n) is 16.7. The number of benzene rings is 6. The van der Waals surface area contributed by atoms with Gasteiger partial charge >= 0.3 is 0 Å². The summed E-state index contributed by atoms with van der Waals surface area (Å²) in [5.41, 5.74) is 20.3. The Morgan fingerprint density at radius 3 is 1.84 bits per heavy atom. The molecule has 0 aliphatic heterocycles. The van der Waals surface area contributed by atoms with Crippen LogP contribution in [0.1, 0.15) is 74.4 Å². The Morgan fingerprint density at radius 2 is 1.20 bits per heavy atom. The Balaban J connectivity index is 1.11. The molecule has 1 nitrogen and oxygen atoms in total. The van der Waals surface area contributed by atoms with Gasteiger partial charge in [-0.15, -0.1) is 0 Å². The van der Waals surface area contributed by atoms with Crippen LogP contribution >= 0.6 is 0 Å². The molecule has 0 spiro atoms. The average Bonchev–Trinajstić information content (AvgIpc) is 3.60. The zero-order valence-electron chi connectivity index (χ0n) is 33.2. The van der Waals surface area contributed by atoms with E-state index in [9.17, 15) is 0 Å². The molecule has 0 bridgehead atoms. The molecule has 0 saturated carbocycles. The van der Waals surface area contributed by atoms with Gasteiger partial charge in [-0.25, -0.2) is 0 Å². The van der Waals surface area contributed by atoms with E-state index in [4.69, 9.17) is 0 Å². The monoisotopic (exact) mass is 723 g/mol. The standard InChI is InChI=1S/C55H49N/c1-7-14-38(41-27-31-47-45-16-8-11-18-49(45)54(3,4)51(47)35-41)33-34-56(53-20-13-10-15-44(53)40-23-21-37(2)22-24-40)43-29-25-39(26-30-43)42-28-32-48-46-17-9-12-19-50(46)55(5,6)52(48)36-42/h7-21,23-37H,1,22H2,2-6H3/b34-33-,38-14+. The third kappa shape index (κ3) is 5.94. The van der Waals surface area contributed by atoms with Gasteiger partial charge in [0, 0.05) is 28.3 Å². The van der Waals surface area contributed by atoms with Crippen LogP contribution in [0.3, 0.4) is 0 Å². The van der Waals surface area contributed by atoms with Crippen molar-refractivity contribution in [3.63, 3.8) is 0 Å². The van der Waals surface area contributed by atoms with Crippen LogP contribution in [0.5, 0.6) is 0 Å². The van der Waals surface area contributed by atoms with Crippen LogP contribution in [0, 0.1) is 5.92 Å². The first-order valence-corrected chi connectivity index (χ1v) is 20.0. The van der Waals surface area contributed by atoms with E-state index in [1.165, 1.54) is 72.3 Å². The number of hydrogen-bond donors (Lipinski definition) is 0. The van der Waals surface area contributed by atoms with Gasteiger partial charge in [0.1, 0.15) is 0 Å². The Bertz CT molecular complexity index is 2640. The normalized spacial score (nSPS) is 17.2. The van der Waals surface area contributed by atoms with Gasteiger partial charge in [0.05, 0.1) is 5.69 Å². The van der Waals surface area contributed by atoms with Crippen molar-refractivity contribution in [3.05, 3.63) is 216 Å². The van der Waals surface area contributed by atoms with Crippen LogP contribution in [0.4, 0.5) is 11.4 Å². The Morgan fingerprint density at radius 1 is 0.625 bits per heavy atom. The van der Waals surface area contributed by atoms with Gasteiger partial charge in [0.15, 0.2) is 0 Å². The summed E-state index contributed by atoms with van der Waals surface area (Å²) in [7, 11) is 0. The second kappa shape index (κ2) is 13.8. The summed E-state index contributed by atoms with van der Waals surface area (Å²) in [5.74, 6) is 0.546. The van der Waals surface area contributed by atoms with Crippen LogP contribution in [-0.4, -0.2) is 0 Å². The van der Waals surface area contributed by atoms with Crippen molar-refractivity contribution in [2.75, 3.05) is 4.90 Å². The van der Waals surface area contributed by atoms with Crippen molar-refractivity contribution in [2.24, 2.45) is 5.92 Å². The van der Waals surface area contributed by atoms with E-state index in [0.717, 1.165) is 23.4 Å². The van der Waals surface area contributed by atoms with Crippen LogP contribution < -0.4 is 4.90 Å². The number of anilines is 2. The van der Waals surface area contributed by atoms with E-state index >= 15 is 0 Å². The Labute approximate surface area is 333 Å². The molecule has 1 heteroatoms. The second-order valence-corrected chi connectivity index (χ2v) is 16.7. The molecule has 0 saturated heterocycles. The summed E-state index contributed by atoms with van der Waals surface area (Å²) >= 11 is 0. The largest absolute Gasteiger partial charge is 0.317 e. The lowest BCUT2D eigenvalue weighted by molar-refractivity contribution is 0.660. The van der Waals surface area contributed by atoms with Crippen molar-refractivity contribution < 1.29 is 0 Å². The highest BCUT2D eigenvalue weighted by Crippen LogP contribution is 2.51. The van der Waals surface area contributed by atoms with Gasteiger partial charge in [-0.3, -0.25) is 0 Å². The predicted octanol–water partition coefficient (Wildman–Crippen LogP) is 14.9. The molecule has 0 fully saturated rings. The maximum Gasteiger partial charge on any atom is 0.0533 e. The number of fused-ring (bicyclic) bond motifs is 6. The average molecular weight is 724 g/mol. The van der Waals surface area contributed by atoms with Gasteiger partial charge < -0.3 is 4.90 Å². The highest BCUT2D eigenvalue weighted by Gasteiger charge is 2.36. The van der Waals surface area contributed by atoms with Crippen LogP contribution in [-0.2, 0) is 10.8 Å². The fraction of sp³-hybridized carbons (Fsp3) is 0.164.